The van der Waals surface area contributed by atoms with Crippen LogP contribution < -0.4 is 15.4 Å². The first-order valence-electron chi connectivity index (χ1n) is 8.49. The van der Waals surface area contributed by atoms with Gasteiger partial charge in [-0.25, -0.2) is 0 Å². The molecule has 2 aromatic carbocycles. The molecule has 0 fully saturated rings. The maximum atomic E-state index is 11.4. The second-order valence-corrected chi connectivity index (χ2v) is 6.24. The van der Waals surface area contributed by atoms with Crippen molar-refractivity contribution in [3.05, 3.63) is 47.5 Å². The number of benzene rings is 2. The Hall–Kier alpha value is -2.48. The number of carbonyl (C=O) groups excluding carboxylic acids is 1. The van der Waals surface area contributed by atoms with E-state index in [-0.39, 0.29) is 36.4 Å². The van der Waals surface area contributed by atoms with Crippen LogP contribution in [0.4, 0.5) is 5.69 Å². The molecule has 0 saturated heterocycles. The number of aliphatic hydroxyl groups is 1. The van der Waals surface area contributed by atoms with Gasteiger partial charge >= 0.3 is 0 Å². The van der Waals surface area contributed by atoms with Crippen LogP contribution >= 0.6 is 12.4 Å². The molecule has 5 N–H and O–H groups in total. The van der Waals surface area contributed by atoms with Crippen molar-refractivity contribution in [2.45, 2.75) is 18.9 Å². The van der Waals surface area contributed by atoms with E-state index in [9.17, 15) is 20.1 Å². The molecule has 7 nitrogen and oxygen atoms in total. The summed E-state index contributed by atoms with van der Waals surface area (Å²) in [5, 5.41) is 35.3. The molecule has 1 heterocycles. The number of phenolic OH excluding ortho intramolecular Hbond substituents is 2. The van der Waals surface area contributed by atoms with E-state index < -0.39 is 6.10 Å². The molecule has 146 valence electrons. The number of amides is 1. The monoisotopic (exact) mass is 394 g/mol. The highest BCUT2D eigenvalue weighted by Gasteiger charge is 2.24. The lowest BCUT2D eigenvalue weighted by atomic mass is 10.0. The summed E-state index contributed by atoms with van der Waals surface area (Å²) < 4.78 is 5.41. The maximum absolute atomic E-state index is 11.4. The Balaban J connectivity index is 0.00000261. The van der Waals surface area contributed by atoms with E-state index in [2.05, 4.69) is 10.6 Å². The first-order chi connectivity index (χ1) is 12.5. The number of halogens is 1. The smallest absolute Gasteiger partial charge is 0.262 e. The van der Waals surface area contributed by atoms with Crippen molar-refractivity contribution in [1.29, 1.82) is 0 Å². The van der Waals surface area contributed by atoms with E-state index in [4.69, 9.17) is 4.74 Å². The van der Waals surface area contributed by atoms with Crippen molar-refractivity contribution >= 4 is 24.0 Å². The Morgan fingerprint density at radius 1 is 1.15 bits per heavy atom. The maximum Gasteiger partial charge on any atom is 0.262 e. The van der Waals surface area contributed by atoms with Gasteiger partial charge in [0.1, 0.15) is 17.2 Å². The van der Waals surface area contributed by atoms with Gasteiger partial charge in [-0.2, -0.15) is 0 Å². The van der Waals surface area contributed by atoms with Crippen molar-refractivity contribution < 1.29 is 24.9 Å². The molecule has 1 unspecified atom stereocenters. The summed E-state index contributed by atoms with van der Waals surface area (Å²) in [6.07, 6.45) is 0.863. The van der Waals surface area contributed by atoms with E-state index in [0.717, 1.165) is 18.4 Å². The predicted molar refractivity (Wildman–Crippen MR) is 104 cm³/mol. The number of nitrogens with one attached hydrogen (secondary N) is 2. The molecule has 8 heteroatoms. The van der Waals surface area contributed by atoms with Gasteiger partial charge in [0.05, 0.1) is 11.8 Å². The topological polar surface area (TPSA) is 111 Å². The fourth-order valence-electron chi connectivity index (χ4n) is 2.89. The lowest BCUT2D eigenvalue weighted by Gasteiger charge is -2.23. The van der Waals surface area contributed by atoms with Crippen LogP contribution in [0.1, 0.15) is 23.7 Å². The van der Waals surface area contributed by atoms with Crippen molar-refractivity contribution in [2.24, 2.45) is 0 Å². The number of hydrogen-bond donors (Lipinski definition) is 5. The quantitative estimate of drug-likeness (QED) is 0.460. The van der Waals surface area contributed by atoms with Gasteiger partial charge in [-0.05, 0) is 43.1 Å². The Morgan fingerprint density at radius 2 is 1.89 bits per heavy atom. The second-order valence-electron chi connectivity index (χ2n) is 6.24. The molecule has 1 aliphatic rings. The van der Waals surface area contributed by atoms with Crippen LogP contribution in [0.5, 0.6) is 17.2 Å². The minimum Gasteiger partial charge on any atom is -0.508 e. The van der Waals surface area contributed by atoms with Gasteiger partial charge in [-0.3, -0.25) is 4.79 Å². The lowest BCUT2D eigenvalue weighted by Crippen LogP contribution is -2.28. The van der Waals surface area contributed by atoms with E-state index in [1.165, 1.54) is 12.1 Å². The SMILES string of the molecule is Cl.O=C1COc2c(cc(O)cc2C(O)CNCCCc2ccc(O)cc2)N1. The zero-order valence-electron chi connectivity index (χ0n) is 14.6. The van der Waals surface area contributed by atoms with Crippen LogP contribution in [0, 0.1) is 0 Å². The summed E-state index contributed by atoms with van der Waals surface area (Å²) in [6.45, 7) is 0.886. The molecule has 27 heavy (non-hydrogen) atoms. The van der Waals surface area contributed by atoms with Crippen molar-refractivity contribution in [3.8, 4) is 17.2 Å². The molecule has 0 saturated carbocycles. The van der Waals surface area contributed by atoms with Crippen molar-refractivity contribution in [1.82, 2.24) is 5.32 Å². The lowest BCUT2D eigenvalue weighted by molar-refractivity contribution is -0.118. The molecule has 0 radical (unpaired) electrons. The van der Waals surface area contributed by atoms with Crippen LogP contribution in [0.25, 0.3) is 0 Å². The number of anilines is 1. The summed E-state index contributed by atoms with van der Waals surface area (Å²) in [7, 11) is 0. The predicted octanol–water partition coefficient (Wildman–Crippen LogP) is 2.11. The van der Waals surface area contributed by atoms with Crippen LogP contribution in [-0.2, 0) is 11.2 Å². The van der Waals surface area contributed by atoms with Gasteiger partial charge in [0.2, 0.25) is 0 Å². The normalized spacial score (nSPS) is 13.7. The third kappa shape index (κ3) is 5.50. The van der Waals surface area contributed by atoms with E-state index in [1.54, 1.807) is 12.1 Å². The van der Waals surface area contributed by atoms with Crippen LogP contribution in [0.15, 0.2) is 36.4 Å². The van der Waals surface area contributed by atoms with Crippen LogP contribution in [0.3, 0.4) is 0 Å². The Labute approximate surface area is 163 Å². The number of rotatable bonds is 7. The minimum atomic E-state index is -0.875. The Bertz CT molecular complexity index is 782. The Morgan fingerprint density at radius 3 is 2.63 bits per heavy atom. The van der Waals surface area contributed by atoms with Gasteiger partial charge in [0.15, 0.2) is 6.61 Å². The third-order valence-electron chi connectivity index (χ3n) is 4.18. The number of hydrogen-bond acceptors (Lipinski definition) is 6. The van der Waals surface area contributed by atoms with E-state index in [0.29, 0.717) is 30.1 Å². The highest BCUT2D eigenvalue weighted by atomic mass is 35.5. The molecule has 0 aliphatic carbocycles. The highest BCUT2D eigenvalue weighted by Crippen LogP contribution is 2.38. The number of aryl methyl sites for hydroxylation is 1. The molecule has 1 atom stereocenters. The summed E-state index contributed by atoms with van der Waals surface area (Å²) in [5.41, 5.74) is 1.94. The number of phenols is 2. The molecule has 0 spiro atoms. The fourth-order valence-corrected chi connectivity index (χ4v) is 2.89. The largest absolute Gasteiger partial charge is 0.508 e. The molecule has 1 amide bonds. The highest BCUT2D eigenvalue weighted by molar-refractivity contribution is 5.96. The number of aliphatic hydroxyl groups excluding tert-OH is 1. The minimum absolute atomic E-state index is 0. The third-order valence-corrected chi connectivity index (χ3v) is 4.18. The standard InChI is InChI=1S/C19H22N2O5.ClH/c22-13-5-3-12(4-6-13)2-1-7-20-10-17(24)15-8-14(23)9-16-19(15)26-11-18(25)21-16;/h3-6,8-9,17,20,22-24H,1-2,7,10-11H2,(H,21,25);1H. The number of aromatic hydroxyl groups is 2. The van der Waals surface area contributed by atoms with Crippen LogP contribution in [0.2, 0.25) is 0 Å². The van der Waals surface area contributed by atoms with Gasteiger partial charge in [-0.1, -0.05) is 12.1 Å². The first kappa shape index (κ1) is 20.8. The zero-order chi connectivity index (χ0) is 18.5. The number of carbonyl (C=O) groups is 1. The van der Waals surface area contributed by atoms with E-state index in [1.807, 2.05) is 12.1 Å². The molecule has 0 aromatic heterocycles. The molecule has 0 bridgehead atoms. The second kappa shape index (κ2) is 9.45. The van der Waals surface area contributed by atoms with Crippen LogP contribution in [-0.4, -0.2) is 40.9 Å². The van der Waals surface area contributed by atoms with Gasteiger partial charge < -0.3 is 30.7 Å². The molecule has 2 aromatic rings. The average Bonchev–Trinajstić information content (AvgIpc) is 2.61. The fraction of sp³-hybridized carbons (Fsp3) is 0.316. The number of fused-ring (bicyclic) bond motifs is 1. The van der Waals surface area contributed by atoms with Gasteiger partial charge in [0.25, 0.3) is 5.91 Å². The van der Waals surface area contributed by atoms with Crippen molar-refractivity contribution in [2.75, 3.05) is 25.0 Å². The zero-order valence-corrected chi connectivity index (χ0v) is 15.5. The average molecular weight is 395 g/mol. The Kier molecular flexibility index (Phi) is 7.29. The van der Waals surface area contributed by atoms with Gasteiger partial charge in [0, 0.05) is 18.2 Å². The summed E-state index contributed by atoms with van der Waals surface area (Å²) in [4.78, 5) is 11.4. The summed E-state index contributed by atoms with van der Waals surface area (Å²) in [6, 6.07) is 9.93. The first-order valence-corrected chi connectivity index (χ1v) is 8.49. The number of ether oxygens (including phenoxy) is 1. The summed E-state index contributed by atoms with van der Waals surface area (Å²) in [5.74, 6) is 0.301. The molecule has 3 rings (SSSR count). The molecular weight excluding hydrogens is 372 g/mol. The van der Waals surface area contributed by atoms with E-state index >= 15 is 0 Å². The van der Waals surface area contributed by atoms with Gasteiger partial charge in [-0.15, -0.1) is 12.4 Å². The summed E-state index contributed by atoms with van der Waals surface area (Å²) >= 11 is 0. The van der Waals surface area contributed by atoms with Crippen molar-refractivity contribution in [3.63, 3.8) is 0 Å². The molecule has 1 aliphatic heterocycles. The molecular formula is C19H23ClN2O5.